The number of nitrogens with one attached hydrogen (secondary N) is 2. The zero-order valence-corrected chi connectivity index (χ0v) is 12.3. The van der Waals surface area contributed by atoms with Gasteiger partial charge in [0.05, 0.1) is 5.69 Å². The van der Waals surface area contributed by atoms with Crippen molar-refractivity contribution in [2.45, 2.75) is 13.5 Å². The highest BCUT2D eigenvalue weighted by atomic mass is 16.2. The third-order valence-corrected chi connectivity index (χ3v) is 4.21. The lowest BCUT2D eigenvalue weighted by Crippen LogP contribution is -2.49. The minimum atomic E-state index is -0.128. The molecular formula is C17H17N3O2. The number of benzene rings is 1. The number of nitrogens with zero attached hydrogens (tertiary/aromatic N) is 1. The van der Waals surface area contributed by atoms with Crippen molar-refractivity contribution >= 4 is 23.2 Å². The molecule has 0 unspecified atom stereocenters. The fourth-order valence-electron chi connectivity index (χ4n) is 2.93. The van der Waals surface area contributed by atoms with Gasteiger partial charge in [0, 0.05) is 42.0 Å². The van der Waals surface area contributed by atoms with E-state index < -0.39 is 0 Å². The molecule has 2 heterocycles. The molecule has 22 heavy (non-hydrogen) atoms. The lowest BCUT2D eigenvalue weighted by atomic mass is 10.1. The van der Waals surface area contributed by atoms with Crippen molar-refractivity contribution in [3.8, 4) is 12.3 Å². The normalized spacial score (nSPS) is 15.2. The van der Waals surface area contributed by atoms with Gasteiger partial charge in [-0.15, -0.1) is 6.42 Å². The summed E-state index contributed by atoms with van der Waals surface area (Å²) in [5, 5.41) is 6.60. The Kier molecular flexibility index (Phi) is 3.60. The Bertz CT molecular complexity index is 788. The van der Waals surface area contributed by atoms with Gasteiger partial charge in [-0.2, -0.15) is 0 Å². The first-order valence-electron chi connectivity index (χ1n) is 7.20. The van der Waals surface area contributed by atoms with Crippen molar-refractivity contribution in [1.29, 1.82) is 0 Å². The summed E-state index contributed by atoms with van der Waals surface area (Å²) in [6.45, 7) is 3.90. The van der Waals surface area contributed by atoms with E-state index in [1.807, 2.05) is 25.1 Å². The molecule has 0 bridgehead atoms. The van der Waals surface area contributed by atoms with Crippen molar-refractivity contribution < 1.29 is 9.59 Å². The number of fused-ring (bicyclic) bond motifs is 1. The van der Waals surface area contributed by atoms with E-state index in [4.69, 9.17) is 6.42 Å². The molecule has 0 atom stereocenters. The molecule has 3 rings (SSSR count). The van der Waals surface area contributed by atoms with E-state index in [0.717, 1.165) is 35.0 Å². The SMILES string of the molecule is C#Cc1cc2c(C)c(C=O)ccc2n1CC1CNC(=O)NC1. The predicted octanol–water partition coefficient (Wildman–Crippen LogP) is 1.67. The van der Waals surface area contributed by atoms with Crippen LogP contribution in [-0.2, 0) is 6.54 Å². The summed E-state index contributed by atoms with van der Waals surface area (Å²) in [6, 6.07) is 5.58. The zero-order valence-electron chi connectivity index (χ0n) is 12.3. The summed E-state index contributed by atoms with van der Waals surface area (Å²) in [6.07, 6.45) is 6.50. The number of urea groups is 1. The van der Waals surface area contributed by atoms with Crippen LogP contribution >= 0.6 is 0 Å². The monoisotopic (exact) mass is 295 g/mol. The van der Waals surface area contributed by atoms with Gasteiger partial charge in [-0.1, -0.05) is 5.92 Å². The molecule has 2 amide bonds. The van der Waals surface area contributed by atoms with Crippen LogP contribution < -0.4 is 10.6 Å². The van der Waals surface area contributed by atoms with E-state index in [0.29, 0.717) is 18.7 Å². The summed E-state index contributed by atoms with van der Waals surface area (Å²) in [5.74, 6) is 2.98. The third-order valence-electron chi connectivity index (χ3n) is 4.21. The Morgan fingerprint density at radius 2 is 2.14 bits per heavy atom. The molecule has 112 valence electrons. The molecule has 1 fully saturated rings. The van der Waals surface area contributed by atoms with E-state index in [1.165, 1.54) is 0 Å². The first-order chi connectivity index (χ1) is 10.6. The molecule has 1 aromatic heterocycles. The average Bonchev–Trinajstić information content (AvgIpc) is 2.89. The number of aldehydes is 1. The number of aromatic nitrogens is 1. The van der Waals surface area contributed by atoms with Crippen molar-refractivity contribution in [2.24, 2.45) is 5.92 Å². The summed E-state index contributed by atoms with van der Waals surface area (Å²) in [4.78, 5) is 22.3. The average molecular weight is 295 g/mol. The highest BCUT2D eigenvalue weighted by Crippen LogP contribution is 2.26. The van der Waals surface area contributed by atoms with E-state index in [1.54, 1.807) is 0 Å². The fraction of sp³-hybridized carbons (Fsp3) is 0.294. The zero-order chi connectivity index (χ0) is 15.7. The van der Waals surface area contributed by atoms with Crippen LogP contribution in [0.2, 0.25) is 0 Å². The molecule has 2 N–H and O–H groups in total. The topological polar surface area (TPSA) is 63.1 Å². The van der Waals surface area contributed by atoms with Crippen LogP contribution in [0.1, 0.15) is 21.6 Å². The predicted molar refractivity (Wildman–Crippen MR) is 84.9 cm³/mol. The Morgan fingerprint density at radius 3 is 2.77 bits per heavy atom. The maximum Gasteiger partial charge on any atom is 0.314 e. The van der Waals surface area contributed by atoms with Gasteiger partial charge in [-0.05, 0) is 30.7 Å². The Labute approximate surface area is 128 Å². The molecule has 5 heteroatoms. The third kappa shape index (κ3) is 2.33. The summed E-state index contributed by atoms with van der Waals surface area (Å²) in [5.41, 5.74) is 3.43. The van der Waals surface area contributed by atoms with E-state index in [-0.39, 0.29) is 11.9 Å². The molecule has 1 aromatic carbocycles. The molecule has 0 aliphatic carbocycles. The second kappa shape index (κ2) is 5.57. The lowest BCUT2D eigenvalue weighted by Gasteiger charge is -2.24. The van der Waals surface area contributed by atoms with Gasteiger partial charge >= 0.3 is 6.03 Å². The highest BCUT2D eigenvalue weighted by molar-refractivity contribution is 5.92. The summed E-state index contributed by atoms with van der Waals surface area (Å²) >= 11 is 0. The fourth-order valence-corrected chi connectivity index (χ4v) is 2.93. The van der Waals surface area contributed by atoms with Gasteiger partial charge in [0.25, 0.3) is 0 Å². The summed E-state index contributed by atoms with van der Waals surface area (Å²) in [7, 11) is 0. The molecule has 0 radical (unpaired) electrons. The van der Waals surface area contributed by atoms with Crippen LogP contribution in [0.15, 0.2) is 18.2 Å². The smallest absolute Gasteiger partial charge is 0.314 e. The van der Waals surface area contributed by atoms with Crippen LogP contribution in [0.25, 0.3) is 10.9 Å². The van der Waals surface area contributed by atoms with Crippen LogP contribution in [-0.4, -0.2) is 30.0 Å². The van der Waals surface area contributed by atoms with Gasteiger partial charge in [0.2, 0.25) is 0 Å². The second-order valence-corrected chi connectivity index (χ2v) is 5.57. The van der Waals surface area contributed by atoms with E-state index in [9.17, 15) is 9.59 Å². The number of hydrogen-bond donors (Lipinski definition) is 2. The Morgan fingerprint density at radius 1 is 1.41 bits per heavy atom. The van der Waals surface area contributed by atoms with Gasteiger partial charge < -0.3 is 15.2 Å². The lowest BCUT2D eigenvalue weighted by molar-refractivity contribution is 0.112. The highest BCUT2D eigenvalue weighted by Gasteiger charge is 2.20. The van der Waals surface area contributed by atoms with Crippen molar-refractivity contribution in [3.05, 3.63) is 35.0 Å². The number of aryl methyl sites for hydroxylation is 1. The first kappa shape index (κ1) is 14.2. The number of amides is 2. The minimum absolute atomic E-state index is 0.128. The van der Waals surface area contributed by atoms with Crippen molar-refractivity contribution in [2.75, 3.05) is 13.1 Å². The van der Waals surface area contributed by atoms with Crippen LogP contribution in [0.5, 0.6) is 0 Å². The van der Waals surface area contributed by atoms with Crippen molar-refractivity contribution in [1.82, 2.24) is 15.2 Å². The van der Waals surface area contributed by atoms with Gasteiger partial charge in [-0.3, -0.25) is 4.79 Å². The molecular weight excluding hydrogens is 278 g/mol. The number of carbonyl (C=O) groups is 2. The Hall–Kier alpha value is -2.74. The molecule has 2 aromatic rings. The van der Waals surface area contributed by atoms with Crippen LogP contribution in [0.3, 0.4) is 0 Å². The molecule has 0 spiro atoms. The van der Waals surface area contributed by atoms with Gasteiger partial charge in [0.15, 0.2) is 0 Å². The molecule has 5 nitrogen and oxygen atoms in total. The van der Waals surface area contributed by atoms with Gasteiger partial charge in [0.1, 0.15) is 6.29 Å². The standard InChI is InChI=1S/C17H17N3O2/c1-3-14-6-15-11(2)13(10-21)4-5-16(15)20(14)9-12-7-18-17(22)19-8-12/h1,4-6,10,12H,7-9H2,2H3,(H2,18,19,22). The van der Waals surface area contributed by atoms with E-state index >= 15 is 0 Å². The second-order valence-electron chi connectivity index (χ2n) is 5.57. The molecule has 1 aliphatic rings. The maximum absolute atomic E-state index is 11.2. The minimum Gasteiger partial charge on any atom is -0.338 e. The van der Waals surface area contributed by atoms with E-state index in [2.05, 4.69) is 21.1 Å². The molecule has 1 saturated heterocycles. The van der Waals surface area contributed by atoms with Crippen LogP contribution in [0, 0.1) is 25.2 Å². The Balaban J connectivity index is 2.01. The number of hydrogen-bond acceptors (Lipinski definition) is 2. The summed E-state index contributed by atoms with van der Waals surface area (Å²) < 4.78 is 2.08. The van der Waals surface area contributed by atoms with Crippen molar-refractivity contribution in [3.63, 3.8) is 0 Å². The largest absolute Gasteiger partial charge is 0.338 e. The molecule has 0 saturated carbocycles. The molecule has 1 aliphatic heterocycles. The number of rotatable bonds is 3. The number of carbonyl (C=O) groups excluding carboxylic acids is 2. The first-order valence-corrected chi connectivity index (χ1v) is 7.20. The van der Waals surface area contributed by atoms with Crippen LogP contribution in [0.4, 0.5) is 4.79 Å². The maximum atomic E-state index is 11.2. The quantitative estimate of drug-likeness (QED) is 0.668. The number of terminal acetylenes is 1. The van der Waals surface area contributed by atoms with Gasteiger partial charge in [-0.25, -0.2) is 4.79 Å².